The molecule has 0 aliphatic heterocycles. The summed E-state index contributed by atoms with van der Waals surface area (Å²) in [6, 6.07) is 15.6. The molecule has 0 saturated heterocycles. The van der Waals surface area contributed by atoms with Crippen LogP contribution in [0.15, 0.2) is 59.5 Å². The number of rotatable bonds is 6. The fourth-order valence-electron chi connectivity index (χ4n) is 2.16. The highest BCUT2D eigenvalue weighted by molar-refractivity contribution is 7.91. The van der Waals surface area contributed by atoms with Crippen LogP contribution in [0.25, 0.3) is 11.4 Å². The van der Waals surface area contributed by atoms with E-state index in [9.17, 15) is 8.42 Å². The minimum Gasteiger partial charge on any atom is -0.497 e. The third kappa shape index (κ3) is 3.60. The van der Waals surface area contributed by atoms with Crippen molar-refractivity contribution in [2.24, 2.45) is 0 Å². The normalized spacial score (nSPS) is 11.4. The summed E-state index contributed by atoms with van der Waals surface area (Å²) in [4.78, 5) is 1.58. The summed E-state index contributed by atoms with van der Waals surface area (Å²) in [5, 5.41) is 12.1. The second kappa shape index (κ2) is 6.79. The lowest BCUT2D eigenvalue weighted by Crippen LogP contribution is -2.15. The van der Waals surface area contributed by atoms with Gasteiger partial charge in [0.15, 0.2) is 9.84 Å². The highest BCUT2D eigenvalue weighted by atomic mass is 32.2. The van der Waals surface area contributed by atoms with E-state index in [1.807, 2.05) is 18.2 Å². The van der Waals surface area contributed by atoms with Crippen LogP contribution in [-0.4, -0.2) is 41.5 Å². The van der Waals surface area contributed by atoms with Gasteiger partial charge in [0, 0.05) is 5.56 Å². The lowest BCUT2D eigenvalue weighted by molar-refractivity contribution is 0.415. The molecule has 24 heavy (non-hydrogen) atoms. The molecule has 2 aromatic carbocycles. The van der Waals surface area contributed by atoms with E-state index in [0.717, 1.165) is 5.56 Å². The Labute approximate surface area is 139 Å². The van der Waals surface area contributed by atoms with E-state index >= 15 is 0 Å². The molecule has 0 saturated carbocycles. The second-order valence-corrected chi connectivity index (χ2v) is 7.18. The van der Waals surface area contributed by atoms with E-state index in [-0.39, 0.29) is 17.2 Å². The van der Waals surface area contributed by atoms with E-state index < -0.39 is 9.84 Å². The maximum absolute atomic E-state index is 12.3. The molecule has 0 unspecified atom stereocenters. The number of nitrogens with zero attached hydrogens (tertiary/aromatic N) is 4. The smallest absolute Gasteiger partial charge is 0.205 e. The topological polar surface area (TPSA) is 87.0 Å². The molecule has 0 N–H and O–H groups in total. The van der Waals surface area contributed by atoms with Gasteiger partial charge >= 0.3 is 0 Å². The molecule has 1 aromatic heterocycles. The zero-order valence-corrected chi connectivity index (χ0v) is 13.8. The molecule has 124 valence electrons. The van der Waals surface area contributed by atoms with E-state index in [0.29, 0.717) is 11.6 Å². The van der Waals surface area contributed by atoms with Gasteiger partial charge < -0.3 is 4.74 Å². The molecule has 0 fully saturated rings. The maximum Gasteiger partial charge on any atom is 0.205 e. The van der Waals surface area contributed by atoms with Crippen LogP contribution >= 0.6 is 0 Å². The molecule has 0 aliphatic carbocycles. The van der Waals surface area contributed by atoms with Crippen molar-refractivity contribution in [1.82, 2.24) is 20.2 Å². The van der Waals surface area contributed by atoms with E-state index in [1.54, 1.807) is 43.5 Å². The van der Waals surface area contributed by atoms with Crippen LogP contribution in [-0.2, 0) is 16.4 Å². The number of hydrogen-bond donors (Lipinski definition) is 0. The maximum atomic E-state index is 12.3. The van der Waals surface area contributed by atoms with Crippen molar-refractivity contribution in [3.05, 3.63) is 54.6 Å². The Kier molecular flexibility index (Phi) is 4.57. The molecular formula is C16H16N4O3S. The minimum atomic E-state index is -3.37. The molecule has 1 heterocycles. The lowest BCUT2D eigenvalue weighted by atomic mass is 10.2. The van der Waals surface area contributed by atoms with Crippen LogP contribution in [0, 0.1) is 0 Å². The molecule has 0 aliphatic rings. The monoisotopic (exact) mass is 344 g/mol. The molecule has 8 heteroatoms. The highest BCUT2D eigenvalue weighted by Crippen LogP contribution is 2.19. The Morgan fingerprint density at radius 1 is 1.08 bits per heavy atom. The summed E-state index contributed by atoms with van der Waals surface area (Å²) >= 11 is 0. The fourth-order valence-corrected chi connectivity index (χ4v) is 3.37. The quantitative estimate of drug-likeness (QED) is 0.678. The van der Waals surface area contributed by atoms with Gasteiger partial charge in [-0.05, 0) is 29.5 Å². The SMILES string of the molecule is COc1cccc(-c2nnn(CCS(=O)(=O)c3ccccc3)n2)c1. The van der Waals surface area contributed by atoms with Gasteiger partial charge in [-0.15, -0.1) is 10.2 Å². The highest BCUT2D eigenvalue weighted by Gasteiger charge is 2.15. The van der Waals surface area contributed by atoms with Gasteiger partial charge in [-0.2, -0.15) is 4.80 Å². The number of tetrazole rings is 1. The van der Waals surface area contributed by atoms with E-state index in [1.165, 1.54) is 4.80 Å². The predicted octanol–water partition coefficient (Wildman–Crippen LogP) is 1.82. The van der Waals surface area contributed by atoms with Crippen LogP contribution in [0.2, 0.25) is 0 Å². The second-order valence-electron chi connectivity index (χ2n) is 5.07. The lowest BCUT2D eigenvalue weighted by Gasteiger charge is -2.03. The number of hydrogen-bond acceptors (Lipinski definition) is 6. The molecule has 7 nitrogen and oxygen atoms in total. The van der Waals surface area contributed by atoms with Gasteiger partial charge in [-0.1, -0.05) is 30.3 Å². The van der Waals surface area contributed by atoms with Crippen LogP contribution in [0.4, 0.5) is 0 Å². The summed E-state index contributed by atoms with van der Waals surface area (Å²) in [5.41, 5.74) is 0.756. The first-order valence-electron chi connectivity index (χ1n) is 7.28. The zero-order chi connectivity index (χ0) is 17.0. The number of ether oxygens (including phenoxy) is 1. The summed E-state index contributed by atoms with van der Waals surface area (Å²) in [5.74, 6) is 1.02. The number of aromatic nitrogens is 4. The van der Waals surface area contributed by atoms with Gasteiger partial charge in [-0.3, -0.25) is 0 Å². The van der Waals surface area contributed by atoms with E-state index in [4.69, 9.17) is 4.74 Å². The predicted molar refractivity (Wildman–Crippen MR) is 88.3 cm³/mol. The van der Waals surface area contributed by atoms with Crippen LogP contribution in [0.1, 0.15) is 0 Å². The van der Waals surface area contributed by atoms with Crippen molar-refractivity contribution >= 4 is 9.84 Å². The fraction of sp³-hybridized carbons (Fsp3) is 0.188. The van der Waals surface area contributed by atoms with Crippen molar-refractivity contribution in [2.75, 3.05) is 12.9 Å². The largest absolute Gasteiger partial charge is 0.497 e. The third-order valence-electron chi connectivity index (χ3n) is 3.44. The standard InChI is InChI=1S/C16H16N4O3S/c1-23-14-7-5-6-13(12-14)16-17-19-20(18-16)10-11-24(21,22)15-8-3-2-4-9-15/h2-9,12H,10-11H2,1H3. The molecule has 0 radical (unpaired) electrons. The Balaban J connectivity index is 1.72. The van der Waals surface area contributed by atoms with Gasteiger partial charge in [0.1, 0.15) is 5.75 Å². The van der Waals surface area contributed by atoms with Crippen molar-refractivity contribution in [2.45, 2.75) is 11.4 Å². The Morgan fingerprint density at radius 3 is 2.62 bits per heavy atom. The molecule has 3 aromatic rings. The van der Waals surface area contributed by atoms with Crippen molar-refractivity contribution in [3.63, 3.8) is 0 Å². The molecule has 0 bridgehead atoms. The van der Waals surface area contributed by atoms with Crippen molar-refractivity contribution < 1.29 is 13.2 Å². The van der Waals surface area contributed by atoms with Gasteiger partial charge in [-0.25, -0.2) is 8.42 Å². The summed E-state index contributed by atoms with van der Waals surface area (Å²) in [6.07, 6.45) is 0. The third-order valence-corrected chi connectivity index (χ3v) is 5.15. The first-order valence-corrected chi connectivity index (χ1v) is 8.94. The Bertz CT molecular complexity index is 923. The molecule has 3 rings (SSSR count). The molecule has 0 atom stereocenters. The van der Waals surface area contributed by atoms with Crippen LogP contribution in [0.5, 0.6) is 5.75 Å². The number of methoxy groups -OCH3 is 1. The summed E-state index contributed by atoms with van der Waals surface area (Å²) in [7, 11) is -1.79. The van der Waals surface area contributed by atoms with Gasteiger partial charge in [0.05, 0.1) is 24.3 Å². The van der Waals surface area contributed by atoms with Crippen LogP contribution in [0.3, 0.4) is 0 Å². The number of aryl methyl sites for hydroxylation is 1. The first kappa shape index (κ1) is 16.1. The first-order chi connectivity index (χ1) is 11.6. The average Bonchev–Trinajstić information content (AvgIpc) is 3.10. The Morgan fingerprint density at radius 2 is 1.88 bits per heavy atom. The minimum absolute atomic E-state index is 0.0923. The number of benzene rings is 2. The van der Waals surface area contributed by atoms with Gasteiger partial charge in [0.25, 0.3) is 0 Å². The molecule has 0 spiro atoms. The summed E-state index contributed by atoms with van der Waals surface area (Å²) < 4.78 is 29.7. The summed E-state index contributed by atoms with van der Waals surface area (Å²) in [6.45, 7) is 0.133. The van der Waals surface area contributed by atoms with Crippen LogP contribution < -0.4 is 4.74 Å². The molecular weight excluding hydrogens is 328 g/mol. The van der Waals surface area contributed by atoms with E-state index in [2.05, 4.69) is 15.4 Å². The van der Waals surface area contributed by atoms with Crippen molar-refractivity contribution in [3.8, 4) is 17.1 Å². The van der Waals surface area contributed by atoms with Crippen molar-refractivity contribution in [1.29, 1.82) is 0 Å². The Hall–Kier alpha value is -2.74. The number of sulfone groups is 1. The average molecular weight is 344 g/mol. The molecule has 0 amide bonds. The zero-order valence-electron chi connectivity index (χ0n) is 13.0. The van der Waals surface area contributed by atoms with Gasteiger partial charge in [0.2, 0.25) is 5.82 Å².